The van der Waals surface area contributed by atoms with Crippen molar-refractivity contribution >= 4 is 5.69 Å². The van der Waals surface area contributed by atoms with Gasteiger partial charge < -0.3 is 5.73 Å². The van der Waals surface area contributed by atoms with Crippen molar-refractivity contribution in [3.63, 3.8) is 0 Å². The number of anilines is 1. The van der Waals surface area contributed by atoms with E-state index in [1.54, 1.807) is 11.0 Å². The topological polar surface area (TPSA) is 29.3 Å². The van der Waals surface area contributed by atoms with Gasteiger partial charge in [0.1, 0.15) is 5.82 Å². The first-order valence-corrected chi connectivity index (χ1v) is 6.19. The first kappa shape index (κ1) is 14.1. The Hall–Kier alpha value is -1.30. The van der Waals surface area contributed by atoms with E-state index in [4.69, 9.17) is 5.73 Å². The van der Waals surface area contributed by atoms with E-state index in [0.29, 0.717) is 24.2 Å². The van der Waals surface area contributed by atoms with Crippen LogP contribution < -0.4 is 5.73 Å². The van der Waals surface area contributed by atoms with Crippen LogP contribution in [0.4, 0.5) is 23.2 Å². The van der Waals surface area contributed by atoms with Crippen molar-refractivity contribution in [1.82, 2.24) is 4.90 Å². The molecule has 1 unspecified atom stereocenters. The minimum Gasteiger partial charge on any atom is -0.399 e. The molecule has 1 heterocycles. The monoisotopic (exact) mass is 276 g/mol. The Labute approximate surface area is 109 Å². The second-order valence-corrected chi connectivity index (χ2v) is 4.97. The smallest absolute Gasteiger partial charge is 0.393 e. The molecule has 0 aromatic heterocycles. The van der Waals surface area contributed by atoms with E-state index in [0.717, 1.165) is 0 Å². The molecule has 1 aromatic rings. The highest BCUT2D eigenvalue weighted by molar-refractivity contribution is 5.40. The number of alkyl halides is 3. The Morgan fingerprint density at radius 3 is 2.68 bits per heavy atom. The summed E-state index contributed by atoms with van der Waals surface area (Å²) in [6.45, 7) is 0.697. The summed E-state index contributed by atoms with van der Waals surface area (Å²) in [5.41, 5.74) is 6.14. The lowest BCUT2D eigenvalue weighted by atomic mass is 9.97. The Morgan fingerprint density at radius 1 is 1.32 bits per heavy atom. The van der Waals surface area contributed by atoms with Crippen molar-refractivity contribution < 1.29 is 17.6 Å². The molecule has 0 aliphatic carbocycles. The zero-order valence-corrected chi connectivity index (χ0v) is 10.4. The van der Waals surface area contributed by atoms with Crippen LogP contribution in [0.5, 0.6) is 0 Å². The van der Waals surface area contributed by atoms with Gasteiger partial charge in [0, 0.05) is 24.3 Å². The van der Waals surface area contributed by atoms with Gasteiger partial charge in [0.15, 0.2) is 0 Å². The van der Waals surface area contributed by atoms with E-state index in [2.05, 4.69) is 0 Å². The van der Waals surface area contributed by atoms with Crippen molar-refractivity contribution in [2.75, 3.05) is 18.8 Å². The molecule has 6 heteroatoms. The van der Waals surface area contributed by atoms with Crippen molar-refractivity contribution in [2.45, 2.75) is 25.6 Å². The van der Waals surface area contributed by atoms with Crippen LogP contribution in [0.3, 0.4) is 0 Å². The zero-order chi connectivity index (χ0) is 14.0. The highest BCUT2D eigenvalue weighted by Crippen LogP contribution is 2.33. The Kier molecular flexibility index (Phi) is 3.99. The summed E-state index contributed by atoms with van der Waals surface area (Å²) < 4.78 is 51.6. The number of piperidine rings is 1. The predicted octanol–water partition coefficient (Wildman–Crippen LogP) is 3.18. The SMILES string of the molecule is Nc1ccc(CN2CCCC(C(F)(F)F)C2)c(F)c1. The Balaban J connectivity index is 2.03. The van der Waals surface area contributed by atoms with E-state index in [1.807, 2.05) is 0 Å². The van der Waals surface area contributed by atoms with Crippen LogP contribution in [0.25, 0.3) is 0 Å². The number of likely N-dealkylation sites (tertiary alicyclic amines) is 1. The van der Waals surface area contributed by atoms with Gasteiger partial charge in [0.2, 0.25) is 0 Å². The third-order valence-corrected chi connectivity index (χ3v) is 3.44. The van der Waals surface area contributed by atoms with E-state index >= 15 is 0 Å². The maximum atomic E-state index is 13.6. The molecule has 0 amide bonds. The van der Waals surface area contributed by atoms with Gasteiger partial charge in [-0.05, 0) is 31.5 Å². The highest BCUT2D eigenvalue weighted by atomic mass is 19.4. The molecule has 1 fully saturated rings. The number of hydrogen-bond donors (Lipinski definition) is 1. The van der Waals surface area contributed by atoms with Gasteiger partial charge in [0.25, 0.3) is 0 Å². The summed E-state index contributed by atoms with van der Waals surface area (Å²) in [4.78, 5) is 1.65. The number of nitrogens with zero attached hydrogens (tertiary/aromatic N) is 1. The molecule has 0 saturated carbocycles. The number of rotatable bonds is 2. The normalized spacial score (nSPS) is 21.6. The van der Waals surface area contributed by atoms with Crippen LogP contribution in [0.1, 0.15) is 18.4 Å². The van der Waals surface area contributed by atoms with Crippen molar-refractivity contribution in [3.05, 3.63) is 29.6 Å². The van der Waals surface area contributed by atoms with Crippen molar-refractivity contribution in [2.24, 2.45) is 5.92 Å². The minimum atomic E-state index is -4.17. The largest absolute Gasteiger partial charge is 0.399 e. The summed E-state index contributed by atoms with van der Waals surface area (Å²) in [5, 5.41) is 0. The third-order valence-electron chi connectivity index (χ3n) is 3.44. The van der Waals surface area contributed by atoms with E-state index in [1.165, 1.54) is 12.1 Å². The van der Waals surface area contributed by atoms with Crippen molar-refractivity contribution in [3.8, 4) is 0 Å². The summed E-state index contributed by atoms with van der Waals surface area (Å²) in [6.07, 6.45) is -3.52. The van der Waals surface area contributed by atoms with E-state index in [-0.39, 0.29) is 19.5 Å². The van der Waals surface area contributed by atoms with Crippen LogP contribution in [0.15, 0.2) is 18.2 Å². The van der Waals surface area contributed by atoms with Crippen LogP contribution in [-0.4, -0.2) is 24.2 Å². The highest BCUT2D eigenvalue weighted by Gasteiger charge is 2.41. The molecule has 1 saturated heterocycles. The second-order valence-electron chi connectivity index (χ2n) is 4.97. The maximum absolute atomic E-state index is 13.6. The van der Waals surface area contributed by atoms with Gasteiger partial charge in [-0.15, -0.1) is 0 Å². The molecule has 1 aromatic carbocycles. The molecular formula is C13H16F4N2. The Bertz CT molecular complexity index is 445. The lowest BCUT2D eigenvalue weighted by Gasteiger charge is -2.33. The number of hydrogen-bond acceptors (Lipinski definition) is 2. The molecule has 0 radical (unpaired) electrons. The molecule has 19 heavy (non-hydrogen) atoms. The van der Waals surface area contributed by atoms with Gasteiger partial charge in [0.05, 0.1) is 5.92 Å². The number of nitrogen functional groups attached to an aromatic ring is 1. The fourth-order valence-corrected chi connectivity index (χ4v) is 2.40. The van der Waals surface area contributed by atoms with Crippen molar-refractivity contribution in [1.29, 1.82) is 0 Å². The summed E-state index contributed by atoms with van der Waals surface area (Å²) >= 11 is 0. The van der Waals surface area contributed by atoms with Crippen LogP contribution in [0.2, 0.25) is 0 Å². The fraction of sp³-hybridized carbons (Fsp3) is 0.538. The summed E-state index contributed by atoms with van der Waals surface area (Å²) in [5.74, 6) is -1.77. The Morgan fingerprint density at radius 2 is 2.05 bits per heavy atom. The number of halogens is 4. The predicted molar refractivity (Wildman–Crippen MR) is 64.9 cm³/mol. The molecule has 1 aliphatic rings. The lowest BCUT2D eigenvalue weighted by Crippen LogP contribution is -2.41. The van der Waals surface area contributed by atoms with Gasteiger partial charge in [-0.2, -0.15) is 13.2 Å². The first-order chi connectivity index (χ1) is 8.86. The summed E-state index contributed by atoms with van der Waals surface area (Å²) in [7, 11) is 0. The lowest BCUT2D eigenvalue weighted by molar-refractivity contribution is -0.187. The van der Waals surface area contributed by atoms with Crippen LogP contribution >= 0.6 is 0 Å². The molecule has 1 atom stereocenters. The molecule has 106 valence electrons. The van der Waals surface area contributed by atoms with Gasteiger partial charge in [-0.25, -0.2) is 4.39 Å². The number of benzene rings is 1. The number of nitrogens with two attached hydrogens (primary N) is 1. The standard InChI is InChI=1S/C13H16F4N2/c14-12-6-11(18)4-3-9(12)7-19-5-1-2-10(8-19)13(15,16)17/h3-4,6,10H,1-2,5,7-8,18H2. The molecular weight excluding hydrogens is 260 g/mol. The van der Waals surface area contributed by atoms with Crippen LogP contribution in [-0.2, 0) is 6.54 Å². The fourth-order valence-electron chi connectivity index (χ4n) is 2.40. The molecule has 2 rings (SSSR count). The third kappa shape index (κ3) is 3.59. The second kappa shape index (κ2) is 5.36. The molecule has 2 nitrogen and oxygen atoms in total. The minimum absolute atomic E-state index is 0.0622. The average molecular weight is 276 g/mol. The van der Waals surface area contributed by atoms with Crippen LogP contribution in [0, 0.1) is 11.7 Å². The molecule has 1 aliphatic heterocycles. The van der Waals surface area contributed by atoms with E-state index in [9.17, 15) is 17.6 Å². The van der Waals surface area contributed by atoms with Gasteiger partial charge in [-0.3, -0.25) is 4.90 Å². The van der Waals surface area contributed by atoms with E-state index < -0.39 is 17.9 Å². The quantitative estimate of drug-likeness (QED) is 0.664. The summed E-state index contributed by atoms with van der Waals surface area (Å²) in [6, 6.07) is 4.28. The maximum Gasteiger partial charge on any atom is 0.393 e. The average Bonchev–Trinajstić information content (AvgIpc) is 2.32. The first-order valence-electron chi connectivity index (χ1n) is 6.19. The molecule has 0 spiro atoms. The van der Waals surface area contributed by atoms with Gasteiger partial charge >= 0.3 is 6.18 Å². The van der Waals surface area contributed by atoms with Gasteiger partial charge in [-0.1, -0.05) is 6.07 Å². The molecule has 2 N–H and O–H groups in total. The zero-order valence-electron chi connectivity index (χ0n) is 10.4. The molecule has 0 bridgehead atoms.